The van der Waals surface area contributed by atoms with Crippen molar-refractivity contribution >= 4 is 5.69 Å². The molecule has 0 aliphatic heterocycles. The minimum Gasteiger partial charge on any atom is -0.387 e. The lowest BCUT2D eigenvalue weighted by Gasteiger charge is -2.17. The van der Waals surface area contributed by atoms with Crippen LogP contribution >= 0.6 is 0 Å². The summed E-state index contributed by atoms with van der Waals surface area (Å²) in [7, 11) is 0. The van der Waals surface area contributed by atoms with Crippen molar-refractivity contribution in [2.24, 2.45) is 0 Å². The minimum absolute atomic E-state index is 0.117. The molecular formula is C18H22N2O3. The highest BCUT2D eigenvalue weighted by atomic mass is 16.6. The van der Waals surface area contributed by atoms with Gasteiger partial charge in [-0.3, -0.25) is 10.1 Å². The molecule has 5 nitrogen and oxygen atoms in total. The first-order valence-electron chi connectivity index (χ1n) is 7.76. The Bertz CT molecular complexity index is 614. The van der Waals surface area contributed by atoms with E-state index in [0.717, 1.165) is 24.0 Å². The molecule has 0 spiro atoms. The van der Waals surface area contributed by atoms with Gasteiger partial charge in [0.25, 0.3) is 5.69 Å². The van der Waals surface area contributed by atoms with Crippen LogP contribution in [0, 0.1) is 10.1 Å². The number of nitrogens with zero attached hydrogens (tertiary/aromatic N) is 1. The standard InChI is InChI=1S/C18H22N2O3/c1-14(19-13-18(21)16-5-3-2-4-6-16)7-8-15-9-11-17(12-10-15)20(22)23/h2-6,9-12,14,18-19,21H,7-8,13H2,1H3/t14-,18-/m0/s1. The average Bonchev–Trinajstić information content (AvgIpc) is 2.59. The van der Waals surface area contributed by atoms with Gasteiger partial charge in [-0.2, -0.15) is 0 Å². The van der Waals surface area contributed by atoms with Crippen molar-refractivity contribution in [2.75, 3.05) is 6.54 Å². The number of aliphatic hydroxyl groups is 1. The lowest BCUT2D eigenvalue weighted by molar-refractivity contribution is -0.384. The Hall–Kier alpha value is -2.24. The van der Waals surface area contributed by atoms with Crippen LogP contribution in [0.15, 0.2) is 54.6 Å². The summed E-state index contributed by atoms with van der Waals surface area (Å²) in [6.45, 7) is 2.58. The molecule has 0 saturated heterocycles. The third kappa shape index (κ3) is 5.47. The molecular weight excluding hydrogens is 292 g/mol. The number of nitrogens with one attached hydrogen (secondary N) is 1. The van der Waals surface area contributed by atoms with Gasteiger partial charge < -0.3 is 10.4 Å². The molecule has 0 saturated carbocycles. The van der Waals surface area contributed by atoms with Gasteiger partial charge in [0.2, 0.25) is 0 Å². The van der Waals surface area contributed by atoms with Gasteiger partial charge in [-0.05, 0) is 30.9 Å². The topological polar surface area (TPSA) is 75.4 Å². The third-order valence-corrected chi connectivity index (χ3v) is 3.86. The number of benzene rings is 2. The summed E-state index contributed by atoms with van der Waals surface area (Å²) in [5.41, 5.74) is 2.10. The molecule has 0 heterocycles. The van der Waals surface area contributed by atoms with E-state index < -0.39 is 6.10 Å². The molecule has 2 N–H and O–H groups in total. The van der Waals surface area contributed by atoms with Gasteiger partial charge >= 0.3 is 0 Å². The van der Waals surface area contributed by atoms with Crippen molar-refractivity contribution in [3.05, 3.63) is 75.8 Å². The van der Waals surface area contributed by atoms with E-state index in [4.69, 9.17) is 0 Å². The Kier molecular flexibility index (Phi) is 6.26. The maximum absolute atomic E-state index is 10.6. The summed E-state index contributed by atoms with van der Waals surface area (Å²) >= 11 is 0. The molecule has 0 aliphatic carbocycles. The Labute approximate surface area is 136 Å². The van der Waals surface area contributed by atoms with Crippen molar-refractivity contribution < 1.29 is 10.0 Å². The molecule has 0 fully saturated rings. The zero-order valence-electron chi connectivity index (χ0n) is 13.2. The lowest BCUT2D eigenvalue weighted by atomic mass is 10.0. The summed E-state index contributed by atoms with van der Waals surface area (Å²) < 4.78 is 0. The van der Waals surface area contributed by atoms with Crippen LogP contribution in [0.4, 0.5) is 5.69 Å². The zero-order chi connectivity index (χ0) is 16.7. The van der Waals surface area contributed by atoms with Crippen molar-refractivity contribution in [3.63, 3.8) is 0 Å². The van der Waals surface area contributed by atoms with Crippen LogP contribution in [-0.2, 0) is 6.42 Å². The summed E-state index contributed by atoms with van der Waals surface area (Å²) in [5, 5.41) is 24.0. The average molecular weight is 314 g/mol. The highest BCUT2D eigenvalue weighted by molar-refractivity contribution is 5.32. The fourth-order valence-corrected chi connectivity index (χ4v) is 2.38. The fourth-order valence-electron chi connectivity index (χ4n) is 2.38. The predicted octanol–water partition coefficient (Wildman–Crippen LogP) is 3.24. The van der Waals surface area contributed by atoms with Gasteiger partial charge in [-0.15, -0.1) is 0 Å². The van der Waals surface area contributed by atoms with Gasteiger partial charge in [0.1, 0.15) is 0 Å². The van der Waals surface area contributed by atoms with E-state index in [1.807, 2.05) is 30.3 Å². The van der Waals surface area contributed by atoms with Crippen LogP contribution in [0.2, 0.25) is 0 Å². The molecule has 2 rings (SSSR count). The predicted molar refractivity (Wildman–Crippen MR) is 90.3 cm³/mol. The molecule has 2 aromatic rings. The van der Waals surface area contributed by atoms with Crippen LogP contribution in [0.5, 0.6) is 0 Å². The van der Waals surface area contributed by atoms with Gasteiger partial charge in [-0.25, -0.2) is 0 Å². The van der Waals surface area contributed by atoms with Crippen LogP contribution < -0.4 is 5.32 Å². The van der Waals surface area contributed by atoms with Crippen molar-refractivity contribution in [1.82, 2.24) is 5.32 Å². The van der Waals surface area contributed by atoms with E-state index in [-0.39, 0.29) is 16.7 Å². The number of aryl methyl sites for hydroxylation is 1. The van der Waals surface area contributed by atoms with E-state index in [9.17, 15) is 15.2 Å². The molecule has 5 heteroatoms. The van der Waals surface area contributed by atoms with Gasteiger partial charge in [0, 0.05) is 24.7 Å². The minimum atomic E-state index is -0.516. The highest BCUT2D eigenvalue weighted by Crippen LogP contribution is 2.14. The molecule has 0 bridgehead atoms. The molecule has 0 radical (unpaired) electrons. The van der Waals surface area contributed by atoms with E-state index in [0.29, 0.717) is 6.54 Å². The molecule has 0 amide bonds. The van der Waals surface area contributed by atoms with Crippen LogP contribution in [0.3, 0.4) is 0 Å². The molecule has 0 aliphatic rings. The molecule has 0 aromatic heterocycles. The monoisotopic (exact) mass is 314 g/mol. The second-order valence-electron chi connectivity index (χ2n) is 5.70. The zero-order valence-corrected chi connectivity index (χ0v) is 13.2. The number of rotatable bonds is 8. The Morgan fingerprint density at radius 1 is 1.13 bits per heavy atom. The van der Waals surface area contributed by atoms with Gasteiger partial charge in [-0.1, -0.05) is 42.5 Å². The Morgan fingerprint density at radius 3 is 2.39 bits per heavy atom. The third-order valence-electron chi connectivity index (χ3n) is 3.86. The molecule has 2 aromatic carbocycles. The summed E-state index contributed by atoms with van der Waals surface area (Å²) in [6.07, 6.45) is 1.23. The Morgan fingerprint density at radius 2 is 1.78 bits per heavy atom. The van der Waals surface area contributed by atoms with E-state index in [1.54, 1.807) is 12.1 Å². The second kappa shape index (κ2) is 8.41. The number of hydrogen-bond donors (Lipinski definition) is 2. The van der Waals surface area contributed by atoms with Crippen molar-refractivity contribution in [3.8, 4) is 0 Å². The molecule has 0 unspecified atom stereocenters. The largest absolute Gasteiger partial charge is 0.387 e. The summed E-state index contributed by atoms with van der Waals surface area (Å²) in [4.78, 5) is 10.2. The molecule has 2 atom stereocenters. The van der Waals surface area contributed by atoms with Crippen LogP contribution in [0.1, 0.15) is 30.6 Å². The fraction of sp³-hybridized carbons (Fsp3) is 0.333. The summed E-state index contributed by atoms with van der Waals surface area (Å²) in [6, 6.07) is 16.5. The van der Waals surface area contributed by atoms with Crippen molar-refractivity contribution in [2.45, 2.75) is 31.9 Å². The number of hydrogen-bond acceptors (Lipinski definition) is 4. The molecule has 122 valence electrons. The number of nitro groups is 1. The molecule has 23 heavy (non-hydrogen) atoms. The smallest absolute Gasteiger partial charge is 0.269 e. The normalized spacial score (nSPS) is 13.5. The van der Waals surface area contributed by atoms with Gasteiger partial charge in [0.15, 0.2) is 0 Å². The van der Waals surface area contributed by atoms with Crippen LogP contribution in [0.25, 0.3) is 0 Å². The van der Waals surface area contributed by atoms with E-state index in [1.165, 1.54) is 12.1 Å². The first-order chi connectivity index (χ1) is 11.1. The van der Waals surface area contributed by atoms with Crippen molar-refractivity contribution in [1.29, 1.82) is 0 Å². The maximum Gasteiger partial charge on any atom is 0.269 e. The number of aliphatic hydroxyl groups excluding tert-OH is 1. The first-order valence-corrected chi connectivity index (χ1v) is 7.76. The lowest BCUT2D eigenvalue weighted by Crippen LogP contribution is -2.30. The van der Waals surface area contributed by atoms with Crippen LogP contribution in [-0.4, -0.2) is 22.6 Å². The highest BCUT2D eigenvalue weighted by Gasteiger charge is 2.09. The number of non-ortho nitro benzene ring substituents is 1. The second-order valence-corrected chi connectivity index (χ2v) is 5.70. The maximum atomic E-state index is 10.6. The quantitative estimate of drug-likeness (QED) is 0.579. The van der Waals surface area contributed by atoms with Gasteiger partial charge in [0.05, 0.1) is 11.0 Å². The SMILES string of the molecule is C[C@@H](CCc1ccc([N+](=O)[O-])cc1)NC[C@H](O)c1ccccc1. The number of nitro benzene ring substituents is 1. The van der Waals surface area contributed by atoms with E-state index in [2.05, 4.69) is 12.2 Å². The first kappa shape index (κ1) is 17.1. The van der Waals surface area contributed by atoms with E-state index >= 15 is 0 Å². The Balaban J connectivity index is 1.74. The summed E-state index contributed by atoms with van der Waals surface area (Å²) in [5.74, 6) is 0.